The van der Waals surface area contributed by atoms with E-state index >= 15 is 7.88 Å². The van der Waals surface area contributed by atoms with Crippen LogP contribution in [0.3, 0.4) is 0 Å². The van der Waals surface area contributed by atoms with Gasteiger partial charge in [0.15, 0.2) is 0 Å². The zero-order valence-corrected chi connectivity index (χ0v) is 19.7. The first-order chi connectivity index (χ1) is 10.1. The fraction of sp³-hybridized carbons (Fsp3) is 0.500. The van der Waals surface area contributed by atoms with E-state index in [-0.39, 0.29) is 0 Å². The molecule has 0 spiro atoms. The Morgan fingerprint density at radius 1 is 1.17 bits per heavy atom. The first-order valence-corrected chi connectivity index (χ1v) is 21.3. The van der Waals surface area contributed by atoms with Crippen LogP contribution >= 0.6 is 15.9 Å². The number of benzene rings is 1. The minimum absolute atomic E-state index is 0.416. The van der Waals surface area contributed by atoms with Crippen molar-refractivity contribution in [3.8, 4) is 0 Å². The van der Waals surface area contributed by atoms with E-state index in [1.165, 1.54) is 13.1 Å². The van der Waals surface area contributed by atoms with Crippen LogP contribution < -0.4 is 3.26 Å². The van der Waals surface area contributed by atoms with Gasteiger partial charge < -0.3 is 0 Å². The van der Waals surface area contributed by atoms with E-state index in [2.05, 4.69) is 19.2 Å². The van der Waals surface area contributed by atoms with Crippen LogP contribution in [-0.4, -0.2) is 11.5 Å². The number of rotatable bonds is 3. The van der Waals surface area contributed by atoms with Gasteiger partial charge in [-0.05, 0) is 0 Å². The van der Waals surface area contributed by atoms with E-state index in [0.717, 1.165) is 4.47 Å². The van der Waals surface area contributed by atoms with Gasteiger partial charge in [-0.3, -0.25) is 0 Å². The first-order valence-electron chi connectivity index (χ1n) is 7.89. The SMILES string of the molecule is CC1=Cc2c(Br)cccc2[CH]1[Zr]([F])([F])([F])([NH]C(C)(C)C)[SiH](C)C. The molecule has 1 aromatic carbocycles. The van der Waals surface area contributed by atoms with E-state index in [9.17, 15) is 0 Å². The Balaban J connectivity index is 2.80. The molecule has 0 saturated heterocycles. The molecule has 23 heavy (non-hydrogen) atoms. The first kappa shape index (κ1) is 19.6. The summed E-state index contributed by atoms with van der Waals surface area (Å²) in [4.78, 5) is 0. The maximum absolute atomic E-state index is 16.3. The average Bonchev–Trinajstić information content (AvgIpc) is 2.64. The van der Waals surface area contributed by atoms with Gasteiger partial charge in [-0.2, -0.15) is 0 Å². The fourth-order valence-electron chi connectivity index (χ4n) is 3.77. The monoisotopic (exact) mass is 485 g/mol. The summed E-state index contributed by atoms with van der Waals surface area (Å²) < 4.78 is 50.6. The molecule has 1 nitrogen and oxygen atoms in total. The summed E-state index contributed by atoms with van der Waals surface area (Å²) >= 11 is -4.84. The van der Waals surface area contributed by atoms with E-state index in [0.29, 0.717) is 16.7 Å². The third kappa shape index (κ3) is 3.11. The molecule has 2 rings (SSSR count). The number of halogens is 4. The van der Waals surface area contributed by atoms with Crippen LogP contribution in [0.25, 0.3) is 6.08 Å². The molecule has 1 N–H and O–H groups in total. The molecule has 1 aliphatic rings. The normalized spacial score (nSPS) is 21.7. The van der Waals surface area contributed by atoms with Crippen LogP contribution in [0.1, 0.15) is 42.4 Å². The summed E-state index contributed by atoms with van der Waals surface area (Å²) in [5, 5.41) is 0. The van der Waals surface area contributed by atoms with Gasteiger partial charge in [0.25, 0.3) is 0 Å². The molecule has 130 valence electrons. The van der Waals surface area contributed by atoms with Gasteiger partial charge in [0.2, 0.25) is 0 Å². The molecule has 0 aliphatic heterocycles. The Bertz CT molecular complexity index is 701. The number of allylic oxidation sites excluding steroid dienone is 1. The van der Waals surface area contributed by atoms with E-state index in [4.69, 9.17) is 0 Å². The third-order valence-electron chi connectivity index (χ3n) is 4.80. The van der Waals surface area contributed by atoms with Crippen molar-refractivity contribution in [2.24, 2.45) is 0 Å². The fourth-order valence-corrected chi connectivity index (χ4v) is 27.0. The van der Waals surface area contributed by atoms with Crippen molar-refractivity contribution in [3.63, 3.8) is 0 Å². The Morgan fingerprint density at radius 3 is 2.22 bits per heavy atom. The van der Waals surface area contributed by atoms with Crippen LogP contribution in [-0.2, 0) is 18.6 Å². The zero-order chi connectivity index (χ0) is 17.9. The summed E-state index contributed by atoms with van der Waals surface area (Å²) in [5.74, 6) is -2.96. The molecule has 0 heterocycles. The molecule has 0 radical (unpaired) electrons. The van der Waals surface area contributed by atoms with E-state index in [1.54, 1.807) is 52.0 Å². The Hall–Kier alpha value is 0.290. The minimum atomic E-state index is -8.25. The molecule has 1 aliphatic carbocycles. The second kappa shape index (κ2) is 5.15. The van der Waals surface area contributed by atoms with Gasteiger partial charge in [-0.1, -0.05) is 0 Å². The van der Waals surface area contributed by atoms with Gasteiger partial charge in [-0.25, -0.2) is 0 Å². The van der Waals surface area contributed by atoms with Crippen molar-refractivity contribution < 1.29 is 26.5 Å². The number of nitrogens with one attached hydrogen (secondary N) is 1. The Morgan fingerprint density at radius 2 is 1.74 bits per heavy atom. The molecule has 0 aromatic heterocycles. The van der Waals surface area contributed by atoms with Crippen LogP contribution in [0.4, 0.5) is 7.88 Å². The van der Waals surface area contributed by atoms with Gasteiger partial charge in [0.05, 0.1) is 0 Å². The second-order valence-corrected chi connectivity index (χ2v) is 37.4. The average molecular weight is 488 g/mol. The molecular formula is C16H25BrF3NSiZr. The van der Waals surface area contributed by atoms with Crippen LogP contribution in [0, 0.1) is 0 Å². The molecule has 1 unspecified atom stereocenters. The van der Waals surface area contributed by atoms with Gasteiger partial charge in [0.1, 0.15) is 0 Å². The zero-order valence-electron chi connectivity index (χ0n) is 14.5. The summed E-state index contributed by atoms with van der Waals surface area (Å²) in [6, 6.07) is 5.16. The van der Waals surface area contributed by atoms with Crippen LogP contribution in [0.15, 0.2) is 28.2 Å². The predicted octanol–water partition coefficient (Wildman–Crippen LogP) is 6.07. The standard InChI is InChI=1S/C10H8Br.C4H10N.C2H7Si.3FH.Zr/c1-7-5-8-3-2-4-10(11)9(8)6-7;1-4(2,3)5;1-3-2;;;;/h2-6H,1H3;5H,1-3H3;3H,1-2H3;3*1H;/q;-1;;;;;+4/p-3. The molecule has 7 heteroatoms. The Labute approximate surface area is 146 Å². The molecule has 1 atom stereocenters. The second-order valence-electron chi connectivity index (χ2n) is 8.20. The predicted molar refractivity (Wildman–Crippen MR) is 95.6 cm³/mol. The number of hydrogen-bond acceptors (Lipinski definition) is 1. The topological polar surface area (TPSA) is 12.0 Å². The number of hydrogen-bond donors (Lipinski definition) is 1. The molecule has 1 aromatic rings. The quantitative estimate of drug-likeness (QED) is 0.510. The van der Waals surface area contributed by atoms with E-state index in [1.807, 2.05) is 0 Å². The van der Waals surface area contributed by atoms with Crippen molar-refractivity contribution in [2.75, 3.05) is 0 Å². The summed E-state index contributed by atoms with van der Waals surface area (Å²) in [6.45, 7) is 9.37. The maximum atomic E-state index is 16.3. The summed E-state index contributed by atoms with van der Waals surface area (Å²) in [6.07, 6.45) is 1.71. The van der Waals surface area contributed by atoms with Crippen molar-refractivity contribution >= 4 is 27.9 Å². The van der Waals surface area contributed by atoms with Crippen LogP contribution in [0.5, 0.6) is 0 Å². The molecule has 0 saturated carbocycles. The van der Waals surface area contributed by atoms with Crippen molar-refractivity contribution in [1.82, 2.24) is 3.26 Å². The molecule has 0 amide bonds. The van der Waals surface area contributed by atoms with Crippen molar-refractivity contribution in [3.05, 3.63) is 39.4 Å². The Kier molecular flexibility index (Phi) is 4.39. The van der Waals surface area contributed by atoms with E-state index < -0.39 is 33.7 Å². The van der Waals surface area contributed by atoms with Gasteiger partial charge in [-0.15, -0.1) is 0 Å². The molecule has 0 fully saturated rings. The molecule has 0 bridgehead atoms. The van der Waals surface area contributed by atoms with Crippen LogP contribution in [0.2, 0.25) is 13.1 Å². The molecular weight excluding hydrogens is 462 g/mol. The number of fused-ring (bicyclic) bond motifs is 1. The van der Waals surface area contributed by atoms with Crippen molar-refractivity contribution in [2.45, 2.75) is 50.0 Å². The van der Waals surface area contributed by atoms with Gasteiger partial charge in [0, 0.05) is 0 Å². The summed E-state index contributed by atoms with van der Waals surface area (Å²) in [5.41, 5.74) is 0.544. The van der Waals surface area contributed by atoms with Gasteiger partial charge >= 0.3 is 147 Å². The van der Waals surface area contributed by atoms with Crippen molar-refractivity contribution in [1.29, 1.82) is 0 Å². The summed E-state index contributed by atoms with van der Waals surface area (Å²) in [7, 11) is 0. The third-order valence-corrected chi connectivity index (χ3v) is 38.0.